The maximum absolute atomic E-state index is 13.7. The first-order chi connectivity index (χ1) is 9.51. The Kier molecular flexibility index (Phi) is 5.13. The summed E-state index contributed by atoms with van der Waals surface area (Å²) in [5, 5.41) is 3.66. The van der Waals surface area contributed by atoms with Crippen LogP contribution in [0.4, 0.5) is 8.78 Å². The summed E-state index contributed by atoms with van der Waals surface area (Å²) in [4.78, 5) is 0. The summed E-state index contributed by atoms with van der Waals surface area (Å²) >= 11 is 9.54. The fourth-order valence-electron chi connectivity index (χ4n) is 2.07. The van der Waals surface area contributed by atoms with E-state index in [2.05, 4.69) is 21.2 Å². The Morgan fingerprint density at radius 2 is 1.95 bits per heavy atom. The average molecular weight is 361 g/mol. The lowest BCUT2D eigenvalue weighted by molar-refractivity contribution is 0.544. The van der Waals surface area contributed by atoms with Gasteiger partial charge < -0.3 is 5.32 Å². The molecule has 2 rings (SSSR count). The number of likely N-dealkylation sites (N-methyl/N-ethyl adjacent to an activating group) is 1. The molecule has 2 aromatic rings. The van der Waals surface area contributed by atoms with Crippen molar-refractivity contribution in [3.05, 3.63) is 68.7 Å². The van der Waals surface area contributed by atoms with Crippen molar-refractivity contribution in [1.82, 2.24) is 5.32 Å². The van der Waals surface area contributed by atoms with Crippen molar-refractivity contribution in [1.29, 1.82) is 0 Å². The highest BCUT2D eigenvalue weighted by Crippen LogP contribution is 2.29. The van der Waals surface area contributed by atoms with Crippen LogP contribution in [0.25, 0.3) is 0 Å². The molecule has 0 aliphatic heterocycles. The lowest BCUT2D eigenvalue weighted by Gasteiger charge is -2.18. The third-order valence-electron chi connectivity index (χ3n) is 3.12. The van der Waals surface area contributed by atoms with Gasteiger partial charge in [0, 0.05) is 15.5 Å². The van der Waals surface area contributed by atoms with Crippen LogP contribution < -0.4 is 5.32 Å². The zero-order valence-corrected chi connectivity index (χ0v) is 13.1. The summed E-state index contributed by atoms with van der Waals surface area (Å²) in [6.07, 6.45) is 0.321. The van der Waals surface area contributed by atoms with Gasteiger partial charge in [-0.25, -0.2) is 8.78 Å². The molecule has 0 saturated carbocycles. The monoisotopic (exact) mass is 359 g/mol. The van der Waals surface area contributed by atoms with Crippen LogP contribution in [0, 0.1) is 11.6 Å². The highest BCUT2D eigenvalue weighted by atomic mass is 79.9. The van der Waals surface area contributed by atoms with E-state index in [0.29, 0.717) is 17.0 Å². The fourth-order valence-corrected chi connectivity index (χ4v) is 2.88. The van der Waals surface area contributed by atoms with Crippen molar-refractivity contribution in [3.8, 4) is 0 Å². The normalized spacial score (nSPS) is 12.4. The summed E-state index contributed by atoms with van der Waals surface area (Å²) in [6.45, 7) is 0. The molecule has 1 unspecified atom stereocenters. The molecule has 2 aromatic carbocycles. The molecule has 0 aliphatic rings. The van der Waals surface area contributed by atoms with Gasteiger partial charge in [-0.05, 0) is 54.9 Å². The van der Waals surface area contributed by atoms with Gasteiger partial charge in [0.25, 0.3) is 0 Å². The number of halogens is 4. The van der Waals surface area contributed by atoms with Crippen LogP contribution in [0.5, 0.6) is 0 Å². The quantitative estimate of drug-likeness (QED) is 0.819. The Hall–Kier alpha value is -0.970. The largest absolute Gasteiger partial charge is 0.313 e. The molecule has 0 spiro atoms. The van der Waals surface area contributed by atoms with Crippen LogP contribution >= 0.6 is 27.5 Å². The van der Waals surface area contributed by atoms with Crippen molar-refractivity contribution in [2.75, 3.05) is 7.05 Å². The van der Waals surface area contributed by atoms with Gasteiger partial charge in [0.2, 0.25) is 0 Å². The van der Waals surface area contributed by atoms with Crippen molar-refractivity contribution in [3.63, 3.8) is 0 Å². The van der Waals surface area contributed by atoms with E-state index in [1.54, 1.807) is 13.1 Å². The predicted octanol–water partition coefficient (Wildman–Crippen LogP) is 4.88. The third-order valence-corrected chi connectivity index (χ3v) is 3.94. The van der Waals surface area contributed by atoms with Gasteiger partial charge in [0.05, 0.1) is 0 Å². The Labute approximate surface area is 130 Å². The molecule has 0 radical (unpaired) electrons. The Bertz CT molecular complexity index is 619. The van der Waals surface area contributed by atoms with Crippen LogP contribution in [-0.2, 0) is 6.42 Å². The molecule has 0 bridgehead atoms. The Balaban J connectivity index is 2.31. The Morgan fingerprint density at radius 1 is 1.20 bits per heavy atom. The molecule has 5 heteroatoms. The summed E-state index contributed by atoms with van der Waals surface area (Å²) < 4.78 is 27.8. The fraction of sp³-hybridized carbons (Fsp3) is 0.200. The van der Waals surface area contributed by atoms with E-state index < -0.39 is 11.6 Å². The molecule has 0 heterocycles. The van der Waals surface area contributed by atoms with E-state index in [-0.39, 0.29) is 6.04 Å². The second kappa shape index (κ2) is 6.66. The molecule has 20 heavy (non-hydrogen) atoms. The van der Waals surface area contributed by atoms with E-state index in [4.69, 9.17) is 11.6 Å². The van der Waals surface area contributed by atoms with E-state index in [9.17, 15) is 8.78 Å². The van der Waals surface area contributed by atoms with Crippen LogP contribution in [0.3, 0.4) is 0 Å². The van der Waals surface area contributed by atoms with Gasteiger partial charge >= 0.3 is 0 Å². The highest BCUT2D eigenvalue weighted by Gasteiger charge is 2.16. The zero-order valence-electron chi connectivity index (χ0n) is 10.8. The SMILES string of the molecule is CNC(Cc1cc(F)ccc1F)c1ccc(Br)cc1Cl. The molecule has 0 aliphatic carbocycles. The lowest BCUT2D eigenvalue weighted by Crippen LogP contribution is -2.20. The van der Waals surface area contributed by atoms with Gasteiger partial charge in [0.15, 0.2) is 0 Å². The first-order valence-corrected chi connectivity index (χ1v) is 7.24. The summed E-state index contributed by atoms with van der Waals surface area (Å²) in [7, 11) is 1.76. The molecule has 0 aromatic heterocycles. The molecular formula is C15H13BrClF2N. The van der Waals surface area contributed by atoms with Crippen molar-refractivity contribution in [2.24, 2.45) is 0 Å². The second-order valence-corrected chi connectivity index (χ2v) is 5.77. The van der Waals surface area contributed by atoms with E-state index in [1.165, 1.54) is 6.07 Å². The number of nitrogens with one attached hydrogen (secondary N) is 1. The smallest absolute Gasteiger partial charge is 0.126 e. The summed E-state index contributed by atoms with van der Waals surface area (Å²) in [6, 6.07) is 8.79. The molecule has 1 N–H and O–H groups in total. The van der Waals surface area contributed by atoms with E-state index in [0.717, 1.165) is 22.2 Å². The standard InChI is InChI=1S/C15H13BrClF2N/c1-20-15(12-4-2-10(16)8-13(12)17)7-9-6-11(18)3-5-14(9)19/h2-6,8,15,20H,7H2,1H3. The molecule has 0 fully saturated rings. The molecule has 106 valence electrons. The molecule has 0 amide bonds. The first-order valence-electron chi connectivity index (χ1n) is 6.07. The van der Waals surface area contributed by atoms with Crippen molar-refractivity contribution < 1.29 is 8.78 Å². The predicted molar refractivity (Wildman–Crippen MR) is 81.0 cm³/mol. The topological polar surface area (TPSA) is 12.0 Å². The first kappa shape index (κ1) is 15.4. The minimum Gasteiger partial charge on any atom is -0.313 e. The van der Waals surface area contributed by atoms with Gasteiger partial charge in [-0.15, -0.1) is 0 Å². The molecule has 0 saturated heterocycles. The lowest BCUT2D eigenvalue weighted by atomic mass is 9.98. The average Bonchev–Trinajstić information content (AvgIpc) is 2.40. The van der Waals surface area contributed by atoms with Gasteiger partial charge in [-0.2, -0.15) is 0 Å². The van der Waals surface area contributed by atoms with Crippen molar-refractivity contribution >= 4 is 27.5 Å². The Morgan fingerprint density at radius 3 is 2.60 bits per heavy atom. The van der Waals surface area contributed by atoms with Crippen LogP contribution in [0.1, 0.15) is 17.2 Å². The minimum atomic E-state index is -0.446. The third kappa shape index (κ3) is 3.57. The number of hydrogen-bond donors (Lipinski definition) is 1. The van der Waals surface area contributed by atoms with Crippen molar-refractivity contribution in [2.45, 2.75) is 12.5 Å². The van der Waals surface area contributed by atoms with E-state index >= 15 is 0 Å². The molecule has 1 nitrogen and oxygen atoms in total. The van der Waals surface area contributed by atoms with Crippen LogP contribution in [-0.4, -0.2) is 7.05 Å². The minimum absolute atomic E-state index is 0.188. The van der Waals surface area contributed by atoms with Gasteiger partial charge in [0.1, 0.15) is 11.6 Å². The summed E-state index contributed by atoms with van der Waals surface area (Å²) in [5.41, 5.74) is 1.17. The van der Waals surface area contributed by atoms with Gasteiger partial charge in [-0.1, -0.05) is 33.6 Å². The van der Waals surface area contributed by atoms with Crippen LogP contribution in [0.2, 0.25) is 5.02 Å². The zero-order chi connectivity index (χ0) is 14.7. The number of hydrogen-bond acceptors (Lipinski definition) is 1. The maximum Gasteiger partial charge on any atom is 0.126 e. The van der Waals surface area contributed by atoms with Gasteiger partial charge in [-0.3, -0.25) is 0 Å². The van der Waals surface area contributed by atoms with Crippen LogP contribution in [0.15, 0.2) is 40.9 Å². The van der Waals surface area contributed by atoms with E-state index in [1.807, 2.05) is 12.1 Å². The maximum atomic E-state index is 13.7. The number of benzene rings is 2. The second-order valence-electron chi connectivity index (χ2n) is 4.45. The summed E-state index contributed by atoms with van der Waals surface area (Å²) in [5.74, 6) is -0.863. The molecular weight excluding hydrogens is 348 g/mol. The number of rotatable bonds is 4. The molecule has 1 atom stereocenters. The highest BCUT2D eigenvalue weighted by molar-refractivity contribution is 9.10.